The average molecular weight is 563 g/mol. The highest BCUT2D eigenvalue weighted by molar-refractivity contribution is 7.92. The SMILES string of the molecule is CS(=O)(=O)N(Cc1ccc(C(=O)Nc2ccc3c(c2)oc2ccccc23)cc1)c1ccc(Oc2ccccc2)cc1. The molecule has 204 valence electrons. The second-order valence-electron chi connectivity index (χ2n) is 9.64. The molecule has 1 N–H and O–H groups in total. The molecular formula is C33H26N2O5S. The molecule has 0 saturated heterocycles. The molecule has 0 spiro atoms. The normalized spacial score (nSPS) is 11.4. The Labute approximate surface area is 237 Å². The molecule has 5 aromatic carbocycles. The lowest BCUT2D eigenvalue weighted by molar-refractivity contribution is 0.102. The molecule has 0 saturated carbocycles. The number of ether oxygens (including phenoxy) is 1. The number of nitrogens with one attached hydrogen (secondary N) is 1. The van der Waals surface area contributed by atoms with Gasteiger partial charge in [0.05, 0.1) is 18.5 Å². The minimum absolute atomic E-state index is 0.113. The fourth-order valence-electron chi connectivity index (χ4n) is 4.64. The van der Waals surface area contributed by atoms with E-state index in [4.69, 9.17) is 9.15 Å². The fraction of sp³-hybridized carbons (Fsp3) is 0.0606. The quantitative estimate of drug-likeness (QED) is 0.206. The van der Waals surface area contributed by atoms with Crippen molar-refractivity contribution in [1.29, 1.82) is 0 Å². The van der Waals surface area contributed by atoms with E-state index >= 15 is 0 Å². The van der Waals surface area contributed by atoms with Gasteiger partial charge in [-0.25, -0.2) is 8.42 Å². The van der Waals surface area contributed by atoms with E-state index < -0.39 is 10.0 Å². The van der Waals surface area contributed by atoms with Crippen LogP contribution in [0.3, 0.4) is 0 Å². The summed E-state index contributed by atoms with van der Waals surface area (Å²) in [6, 6.07) is 36.5. The molecule has 7 nitrogen and oxygen atoms in total. The smallest absolute Gasteiger partial charge is 0.255 e. The van der Waals surface area contributed by atoms with Crippen LogP contribution in [0.25, 0.3) is 21.9 Å². The number of nitrogens with zero attached hydrogens (tertiary/aromatic N) is 1. The molecule has 0 aliphatic carbocycles. The van der Waals surface area contributed by atoms with Crippen molar-refractivity contribution in [3.63, 3.8) is 0 Å². The highest BCUT2D eigenvalue weighted by Gasteiger charge is 2.19. The minimum Gasteiger partial charge on any atom is -0.457 e. The summed E-state index contributed by atoms with van der Waals surface area (Å²) >= 11 is 0. The first-order valence-electron chi connectivity index (χ1n) is 13.0. The number of carbonyl (C=O) groups excluding carboxylic acids is 1. The Morgan fingerprint density at radius 2 is 1.41 bits per heavy atom. The van der Waals surface area contributed by atoms with Gasteiger partial charge >= 0.3 is 0 Å². The maximum absolute atomic E-state index is 12.9. The molecule has 1 amide bonds. The third-order valence-electron chi connectivity index (χ3n) is 6.68. The number of sulfonamides is 1. The van der Waals surface area contributed by atoms with Gasteiger partial charge in [0, 0.05) is 28.1 Å². The van der Waals surface area contributed by atoms with Crippen LogP contribution in [0.1, 0.15) is 15.9 Å². The predicted octanol–water partition coefficient (Wildman–Crippen LogP) is 7.60. The molecule has 6 rings (SSSR count). The van der Waals surface area contributed by atoms with Crippen LogP contribution in [0.2, 0.25) is 0 Å². The van der Waals surface area contributed by atoms with Crippen molar-refractivity contribution in [2.24, 2.45) is 0 Å². The summed E-state index contributed by atoms with van der Waals surface area (Å²) < 4.78 is 38.4. The largest absolute Gasteiger partial charge is 0.457 e. The van der Waals surface area contributed by atoms with Crippen LogP contribution in [0.5, 0.6) is 11.5 Å². The van der Waals surface area contributed by atoms with E-state index in [9.17, 15) is 13.2 Å². The highest BCUT2D eigenvalue weighted by atomic mass is 32.2. The van der Waals surface area contributed by atoms with E-state index in [2.05, 4.69) is 5.32 Å². The summed E-state index contributed by atoms with van der Waals surface area (Å²) in [5, 5.41) is 4.92. The fourth-order valence-corrected chi connectivity index (χ4v) is 5.53. The zero-order chi connectivity index (χ0) is 28.4. The Morgan fingerprint density at radius 3 is 2.15 bits per heavy atom. The molecule has 0 aliphatic heterocycles. The summed E-state index contributed by atoms with van der Waals surface area (Å²) in [7, 11) is -3.58. The van der Waals surface area contributed by atoms with Crippen molar-refractivity contribution >= 4 is 49.2 Å². The maximum Gasteiger partial charge on any atom is 0.255 e. The summed E-state index contributed by atoms with van der Waals surface area (Å²) in [5.41, 5.74) is 3.80. The first-order chi connectivity index (χ1) is 19.8. The molecule has 0 aliphatic rings. The van der Waals surface area contributed by atoms with Crippen molar-refractivity contribution in [3.8, 4) is 11.5 Å². The number of rotatable bonds is 8. The lowest BCUT2D eigenvalue weighted by Crippen LogP contribution is -2.29. The van der Waals surface area contributed by atoms with E-state index in [1.54, 1.807) is 48.5 Å². The zero-order valence-corrected chi connectivity index (χ0v) is 23.0. The molecule has 1 heterocycles. The molecule has 0 atom stereocenters. The molecule has 41 heavy (non-hydrogen) atoms. The van der Waals surface area contributed by atoms with Crippen LogP contribution < -0.4 is 14.4 Å². The lowest BCUT2D eigenvalue weighted by Gasteiger charge is -2.23. The Balaban J connectivity index is 1.15. The number of para-hydroxylation sites is 2. The van der Waals surface area contributed by atoms with Crippen LogP contribution in [0.4, 0.5) is 11.4 Å². The molecule has 1 aromatic heterocycles. The highest BCUT2D eigenvalue weighted by Crippen LogP contribution is 2.31. The molecular weight excluding hydrogens is 536 g/mol. The number of hydrogen-bond donors (Lipinski definition) is 1. The lowest BCUT2D eigenvalue weighted by atomic mass is 10.1. The average Bonchev–Trinajstić information content (AvgIpc) is 3.34. The van der Waals surface area contributed by atoms with Gasteiger partial charge in [-0.3, -0.25) is 9.10 Å². The molecule has 0 radical (unpaired) electrons. The van der Waals surface area contributed by atoms with E-state index in [-0.39, 0.29) is 12.5 Å². The third kappa shape index (κ3) is 5.78. The van der Waals surface area contributed by atoms with Gasteiger partial charge in [-0.2, -0.15) is 0 Å². The number of anilines is 2. The van der Waals surface area contributed by atoms with Gasteiger partial charge < -0.3 is 14.5 Å². The molecule has 0 fully saturated rings. The van der Waals surface area contributed by atoms with Crippen molar-refractivity contribution < 1.29 is 22.4 Å². The molecule has 0 bridgehead atoms. The second-order valence-corrected chi connectivity index (χ2v) is 11.5. The van der Waals surface area contributed by atoms with Gasteiger partial charge in [0.15, 0.2) is 0 Å². The number of fused-ring (bicyclic) bond motifs is 3. The molecule has 0 unspecified atom stereocenters. The topological polar surface area (TPSA) is 88.9 Å². The number of hydrogen-bond acceptors (Lipinski definition) is 5. The first-order valence-corrected chi connectivity index (χ1v) is 14.8. The van der Waals surface area contributed by atoms with Crippen molar-refractivity contribution in [3.05, 3.63) is 132 Å². The number of amides is 1. The predicted molar refractivity (Wildman–Crippen MR) is 162 cm³/mol. The van der Waals surface area contributed by atoms with Gasteiger partial charge in [-0.15, -0.1) is 0 Å². The van der Waals surface area contributed by atoms with Crippen LogP contribution in [-0.2, 0) is 16.6 Å². The number of furan rings is 1. The summed E-state index contributed by atoms with van der Waals surface area (Å²) in [5.74, 6) is 1.02. The van der Waals surface area contributed by atoms with Gasteiger partial charge in [-0.05, 0) is 72.3 Å². The van der Waals surface area contributed by atoms with E-state index in [0.29, 0.717) is 34.0 Å². The Hall–Kier alpha value is -5.08. The van der Waals surface area contributed by atoms with Crippen LogP contribution in [0.15, 0.2) is 126 Å². The summed E-state index contributed by atoms with van der Waals surface area (Å²) in [6.45, 7) is 0.113. The monoisotopic (exact) mass is 562 g/mol. The van der Waals surface area contributed by atoms with E-state index in [1.807, 2.05) is 72.8 Å². The molecule has 6 aromatic rings. The number of benzene rings is 5. The standard InChI is InChI=1S/C33H26N2O5S/c1-41(37,38)35(26-16-18-28(19-17-26)39-27-7-3-2-4-8-27)22-23-11-13-24(14-12-23)33(36)34-25-15-20-30-29-9-5-6-10-31(29)40-32(30)21-25/h2-21H,22H2,1H3,(H,34,36). The van der Waals surface area contributed by atoms with Crippen LogP contribution >= 0.6 is 0 Å². The number of carbonyl (C=O) groups is 1. The molecule has 8 heteroatoms. The van der Waals surface area contributed by atoms with Gasteiger partial charge in [-0.1, -0.05) is 48.5 Å². The van der Waals surface area contributed by atoms with Crippen molar-refractivity contribution in [2.75, 3.05) is 15.9 Å². The summed E-state index contributed by atoms with van der Waals surface area (Å²) in [6.07, 6.45) is 1.17. The maximum atomic E-state index is 12.9. The summed E-state index contributed by atoms with van der Waals surface area (Å²) in [4.78, 5) is 12.9. The van der Waals surface area contributed by atoms with Crippen molar-refractivity contribution in [1.82, 2.24) is 0 Å². The van der Waals surface area contributed by atoms with E-state index in [1.165, 1.54) is 10.6 Å². The van der Waals surface area contributed by atoms with Crippen molar-refractivity contribution in [2.45, 2.75) is 6.54 Å². The third-order valence-corrected chi connectivity index (χ3v) is 7.82. The second kappa shape index (κ2) is 10.8. The van der Waals surface area contributed by atoms with Gasteiger partial charge in [0.1, 0.15) is 22.7 Å². The van der Waals surface area contributed by atoms with Crippen LogP contribution in [-0.4, -0.2) is 20.6 Å². The Bertz CT molecular complexity index is 1950. The Morgan fingerprint density at radius 1 is 0.756 bits per heavy atom. The van der Waals surface area contributed by atoms with Gasteiger partial charge in [0.2, 0.25) is 10.0 Å². The van der Waals surface area contributed by atoms with Crippen LogP contribution in [0, 0.1) is 0 Å². The van der Waals surface area contributed by atoms with E-state index in [0.717, 1.165) is 21.9 Å². The zero-order valence-electron chi connectivity index (χ0n) is 22.2. The van der Waals surface area contributed by atoms with Gasteiger partial charge in [0.25, 0.3) is 5.91 Å². The minimum atomic E-state index is -3.58. The first kappa shape index (κ1) is 26.2. The Kier molecular flexibility index (Phi) is 6.91.